The van der Waals surface area contributed by atoms with Crippen LogP contribution in [-0.2, 0) is 12.8 Å². The van der Waals surface area contributed by atoms with Crippen LogP contribution >= 0.6 is 0 Å². The Morgan fingerprint density at radius 3 is 3.00 bits per heavy atom. The Morgan fingerprint density at radius 2 is 2.10 bits per heavy atom. The van der Waals surface area contributed by atoms with Gasteiger partial charge in [-0.15, -0.1) is 0 Å². The van der Waals surface area contributed by atoms with Gasteiger partial charge in [0.15, 0.2) is 0 Å². The number of nitrogens with zero attached hydrogens (tertiary/aromatic N) is 3. The van der Waals surface area contributed by atoms with Crippen LogP contribution in [0.2, 0.25) is 0 Å². The SMILES string of the molecule is CCCN(CCCCOc1ccc2ccnn2c1)C1CCc2c(O)cccc2C1. The highest BCUT2D eigenvalue weighted by molar-refractivity contribution is 5.47. The molecule has 154 valence electrons. The van der Waals surface area contributed by atoms with Crippen LogP contribution in [0.3, 0.4) is 0 Å². The number of benzene rings is 1. The minimum absolute atomic E-state index is 0.466. The molecule has 0 fully saturated rings. The molecular weight excluding hydrogens is 362 g/mol. The normalized spacial score (nSPS) is 16.3. The van der Waals surface area contributed by atoms with Gasteiger partial charge in [0, 0.05) is 12.2 Å². The van der Waals surface area contributed by atoms with Crippen LogP contribution in [-0.4, -0.2) is 45.4 Å². The van der Waals surface area contributed by atoms with Crippen molar-refractivity contribution in [3.63, 3.8) is 0 Å². The second kappa shape index (κ2) is 9.31. The van der Waals surface area contributed by atoms with E-state index < -0.39 is 0 Å². The molecule has 0 radical (unpaired) electrons. The molecule has 2 heterocycles. The highest BCUT2D eigenvalue weighted by Gasteiger charge is 2.24. The van der Waals surface area contributed by atoms with Crippen LogP contribution in [0.5, 0.6) is 11.5 Å². The van der Waals surface area contributed by atoms with E-state index in [4.69, 9.17) is 4.74 Å². The summed E-state index contributed by atoms with van der Waals surface area (Å²) in [5.74, 6) is 1.34. The van der Waals surface area contributed by atoms with E-state index in [1.54, 1.807) is 6.20 Å². The van der Waals surface area contributed by atoms with E-state index in [0.29, 0.717) is 11.8 Å². The highest BCUT2D eigenvalue weighted by atomic mass is 16.5. The van der Waals surface area contributed by atoms with Gasteiger partial charge in [-0.2, -0.15) is 5.10 Å². The van der Waals surface area contributed by atoms with Crippen molar-refractivity contribution in [1.29, 1.82) is 0 Å². The zero-order valence-corrected chi connectivity index (χ0v) is 17.3. The van der Waals surface area contributed by atoms with Crippen molar-refractivity contribution in [2.24, 2.45) is 0 Å². The van der Waals surface area contributed by atoms with Crippen molar-refractivity contribution in [2.45, 2.75) is 51.5 Å². The first kappa shape index (κ1) is 19.8. The third-order valence-electron chi connectivity index (χ3n) is 5.94. The number of fused-ring (bicyclic) bond motifs is 2. The Bertz CT molecular complexity index is 937. The molecular formula is C24H31N3O2. The van der Waals surface area contributed by atoms with Gasteiger partial charge in [-0.1, -0.05) is 19.1 Å². The lowest BCUT2D eigenvalue weighted by Crippen LogP contribution is -2.40. The second-order valence-corrected chi connectivity index (χ2v) is 7.97. The summed E-state index contributed by atoms with van der Waals surface area (Å²) in [5, 5.41) is 14.3. The zero-order valence-electron chi connectivity index (χ0n) is 17.3. The smallest absolute Gasteiger partial charge is 0.137 e. The zero-order chi connectivity index (χ0) is 20.1. The molecule has 0 bridgehead atoms. The molecule has 29 heavy (non-hydrogen) atoms. The van der Waals surface area contributed by atoms with Gasteiger partial charge >= 0.3 is 0 Å². The fourth-order valence-corrected chi connectivity index (χ4v) is 4.43. The molecule has 5 nitrogen and oxygen atoms in total. The van der Waals surface area contributed by atoms with Gasteiger partial charge in [-0.25, -0.2) is 4.52 Å². The molecule has 1 aliphatic carbocycles. The molecule has 0 aliphatic heterocycles. The summed E-state index contributed by atoms with van der Waals surface area (Å²) in [7, 11) is 0. The molecule has 1 aromatic carbocycles. The Labute approximate surface area is 172 Å². The predicted molar refractivity (Wildman–Crippen MR) is 116 cm³/mol. The number of hydrogen-bond acceptors (Lipinski definition) is 4. The molecule has 1 unspecified atom stereocenters. The molecule has 0 saturated heterocycles. The Morgan fingerprint density at radius 1 is 1.17 bits per heavy atom. The summed E-state index contributed by atoms with van der Waals surface area (Å²) in [6, 6.07) is 12.6. The van der Waals surface area contributed by atoms with Crippen molar-refractivity contribution >= 4 is 5.52 Å². The largest absolute Gasteiger partial charge is 0.508 e. The van der Waals surface area contributed by atoms with E-state index in [-0.39, 0.29) is 0 Å². The lowest BCUT2D eigenvalue weighted by molar-refractivity contribution is 0.171. The summed E-state index contributed by atoms with van der Waals surface area (Å²) in [4.78, 5) is 2.64. The summed E-state index contributed by atoms with van der Waals surface area (Å²) in [5.41, 5.74) is 3.55. The number of pyridine rings is 1. The number of ether oxygens (including phenoxy) is 1. The molecule has 5 heteroatoms. The number of unbranched alkanes of at least 4 members (excludes halogenated alkanes) is 1. The van der Waals surface area contributed by atoms with Crippen molar-refractivity contribution in [1.82, 2.24) is 14.5 Å². The first-order valence-corrected chi connectivity index (χ1v) is 10.8. The molecule has 2 aromatic heterocycles. The average molecular weight is 394 g/mol. The first-order valence-electron chi connectivity index (χ1n) is 10.8. The van der Waals surface area contributed by atoms with Gasteiger partial charge in [0.25, 0.3) is 0 Å². The van der Waals surface area contributed by atoms with Crippen LogP contribution in [0.4, 0.5) is 0 Å². The van der Waals surface area contributed by atoms with E-state index in [1.807, 2.05) is 41.0 Å². The molecule has 1 atom stereocenters. The van der Waals surface area contributed by atoms with Crippen LogP contribution in [0, 0.1) is 0 Å². The van der Waals surface area contributed by atoms with Crippen molar-refractivity contribution in [2.75, 3.05) is 19.7 Å². The number of aromatic hydroxyl groups is 1. The summed E-state index contributed by atoms with van der Waals surface area (Å²) in [6.07, 6.45) is 10.2. The van der Waals surface area contributed by atoms with E-state index in [1.165, 1.54) is 12.0 Å². The molecule has 1 N–H and O–H groups in total. The van der Waals surface area contributed by atoms with Crippen LogP contribution in [0.15, 0.2) is 48.8 Å². The molecule has 4 rings (SSSR count). The molecule has 3 aromatic rings. The number of rotatable bonds is 9. The van der Waals surface area contributed by atoms with Crippen molar-refractivity contribution in [3.8, 4) is 11.5 Å². The summed E-state index contributed by atoms with van der Waals surface area (Å²) in [6.45, 7) is 5.22. The highest BCUT2D eigenvalue weighted by Crippen LogP contribution is 2.30. The maximum Gasteiger partial charge on any atom is 0.137 e. The summed E-state index contributed by atoms with van der Waals surface area (Å²) < 4.78 is 7.77. The van der Waals surface area contributed by atoms with Crippen LogP contribution in [0.25, 0.3) is 5.52 Å². The maximum atomic E-state index is 10.1. The Kier molecular flexibility index (Phi) is 6.35. The standard InChI is InChI=1S/C24H31N3O2/c1-2-14-26(21-9-11-23-19(17-21)6-5-7-24(23)28)15-3-4-16-29-22-10-8-20-12-13-25-27(20)18-22/h5-8,10,12-13,18,21,28H,2-4,9,11,14-17H2,1H3. The fraction of sp³-hybridized carbons (Fsp3) is 0.458. The van der Waals surface area contributed by atoms with Gasteiger partial charge in [0.05, 0.1) is 18.3 Å². The van der Waals surface area contributed by atoms with Gasteiger partial charge in [0.1, 0.15) is 11.5 Å². The lowest BCUT2D eigenvalue weighted by Gasteiger charge is -2.35. The van der Waals surface area contributed by atoms with Crippen LogP contribution < -0.4 is 4.74 Å². The van der Waals surface area contributed by atoms with Gasteiger partial charge in [-0.3, -0.25) is 0 Å². The fourth-order valence-electron chi connectivity index (χ4n) is 4.43. The maximum absolute atomic E-state index is 10.1. The van der Waals surface area contributed by atoms with Crippen molar-refractivity contribution < 1.29 is 9.84 Å². The molecule has 1 aliphatic rings. The van der Waals surface area contributed by atoms with E-state index >= 15 is 0 Å². The number of hydrogen-bond donors (Lipinski definition) is 1. The quantitative estimate of drug-likeness (QED) is 0.545. The van der Waals surface area contributed by atoms with E-state index in [2.05, 4.69) is 23.0 Å². The topological polar surface area (TPSA) is 50.0 Å². The number of phenolic OH excluding ortho intramolecular Hbond substituents is 1. The van der Waals surface area contributed by atoms with Crippen molar-refractivity contribution in [3.05, 3.63) is 59.9 Å². The number of phenols is 1. The summed E-state index contributed by atoms with van der Waals surface area (Å²) >= 11 is 0. The lowest BCUT2D eigenvalue weighted by atomic mass is 9.86. The molecule has 0 spiro atoms. The number of aromatic nitrogens is 2. The molecule has 0 saturated carbocycles. The van der Waals surface area contributed by atoms with Gasteiger partial charge in [-0.05, 0) is 87.0 Å². The first-order chi connectivity index (χ1) is 14.2. The minimum Gasteiger partial charge on any atom is -0.508 e. The monoisotopic (exact) mass is 393 g/mol. The van der Waals surface area contributed by atoms with E-state index in [9.17, 15) is 5.11 Å². The molecule has 0 amide bonds. The second-order valence-electron chi connectivity index (χ2n) is 7.97. The van der Waals surface area contributed by atoms with Gasteiger partial charge < -0.3 is 14.7 Å². The predicted octanol–water partition coefficient (Wildman–Crippen LogP) is 4.47. The Balaban J connectivity index is 1.25. The third-order valence-corrected chi connectivity index (χ3v) is 5.94. The Hall–Kier alpha value is -2.53. The average Bonchev–Trinajstić information content (AvgIpc) is 3.20. The minimum atomic E-state index is 0.466. The van der Waals surface area contributed by atoms with Crippen LogP contribution in [0.1, 0.15) is 43.7 Å². The van der Waals surface area contributed by atoms with E-state index in [0.717, 1.165) is 68.6 Å². The third kappa shape index (κ3) is 4.73. The van der Waals surface area contributed by atoms with Gasteiger partial charge in [0.2, 0.25) is 0 Å².